The standard InChI is InChI=1S/C15H18N2O3S/c1-11-9-12-5-4-8-14(15(12)16-10-11)21(18,19)17-20-13-6-2-3-7-13/h4-5,8-10,13,17H,2-3,6-7H2,1H3. The van der Waals surface area contributed by atoms with Crippen LogP contribution in [0.4, 0.5) is 0 Å². The summed E-state index contributed by atoms with van der Waals surface area (Å²) in [6.07, 6.45) is 5.61. The number of rotatable bonds is 4. The second-order valence-corrected chi connectivity index (χ2v) is 7.06. The van der Waals surface area contributed by atoms with Gasteiger partial charge in [0.2, 0.25) is 0 Å². The lowest BCUT2D eigenvalue weighted by molar-refractivity contribution is 0.0224. The zero-order valence-electron chi connectivity index (χ0n) is 11.9. The Bertz CT molecular complexity index is 753. The summed E-state index contributed by atoms with van der Waals surface area (Å²) < 4.78 is 24.8. The first kappa shape index (κ1) is 14.4. The molecule has 3 rings (SSSR count). The summed E-state index contributed by atoms with van der Waals surface area (Å²) in [6, 6.07) is 7.03. The van der Waals surface area contributed by atoms with Gasteiger partial charge in [0.05, 0.1) is 11.6 Å². The molecule has 1 aromatic heterocycles. The first-order valence-corrected chi connectivity index (χ1v) is 8.57. The molecule has 1 aromatic carbocycles. The topological polar surface area (TPSA) is 68.3 Å². The van der Waals surface area contributed by atoms with E-state index in [1.165, 1.54) is 0 Å². The Labute approximate surface area is 124 Å². The number of hydrogen-bond donors (Lipinski definition) is 1. The van der Waals surface area contributed by atoms with Gasteiger partial charge in [0.25, 0.3) is 10.0 Å². The van der Waals surface area contributed by atoms with Crippen LogP contribution in [-0.2, 0) is 14.9 Å². The van der Waals surface area contributed by atoms with Crippen molar-refractivity contribution in [1.82, 2.24) is 9.87 Å². The quantitative estimate of drug-likeness (QED) is 0.882. The fraction of sp³-hybridized carbons (Fsp3) is 0.400. The van der Waals surface area contributed by atoms with Crippen molar-refractivity contribution in [3.63, 3.8) is 0 Å². The van der Waals surface area contributed by atoms with Crippen molar-refractivity contribution in [3.8, 4) is 0 Å². The third-order valence-corrected chi connectivity index (χ3v) is 4.95. The molecule has 1 heterocycles. The van der Waals surface area contributed by atoms with Gasteiger partial charge in [-0.1, -0.05) is 29.9 Å². The maximum Gasteiger partial charge on any atom is 0.264 e. The van der Waals surface area contributed by atoms with Crippen LogP contribution in [0.15, 0.2) is 35.4 Å². The molecule has 0 bridgehead atoms. The zero-order chi connectivity index (χ0) is 14.9. The van der Waals surface area contributed by atoms with Gasteiger partial charge in [-0.3, -0.25) is 9.82 Å². The second-order valence-electron chi connectivity index (χ2n) is 5.45. The minimum absolute atomic E-state index is 0.0232. The van der Waals surface area contributed by atoms with E-state index < -0.39 is 10.0 Å². The number of benzene rings is 1. The van der Waals surface area contributed by atoms with Crippen LogP contribution in [-0.4, -0.2) is 19.5 Å². The fourth-order valence-electron chi connectivity index (χ4n) is 2.64. The molecule has 1 fully saturated rings. The normalized spacial score (nSPS) is 16.6. The maximum atomic E-state index is 12.4. The number of sulfonamides is 1. The maximum absolute atomic E-state index is 12.4. The monoisotopic (exact) mass is 306 g/mol. The molecule has 0 aliphatic heterocycles. The lowest BCUT2D eigenvalue weighted by Crippen LogP contribution is -2.28. The molecule has 1 saturated carbocycles. The molecule has 6 heteroatoms. The van der Waals surface area contributed by atoms with Crippen molar-refractivity contribution in [3.05, 3.63) is 36.0 Å². The third-order valence-electron chi connectivity index (χ3n) is 3.73. The van der Waals surface area contributed by atoms with Gasteiger partial charge in [-0.2, -0.15) is 0 Å². The van der Waals surface area contributed by atoms with E-state index in [-0.39, 0.29) is 11.0 Å². The minimum Gasteiger partial charge on any atom is -0.284 e. The first-order valence-electron chi connectivity index (χ1n) is 7.09. The van der Waals surface area contributed by atoms with Crippen molar-refractivity contribution in [2.75, 3.05) is 0 Å². The number of aromatic nitrogens is 1. The Morgan fingerprint density at radius 3 is 2.81 bits per heavy atom. The van der Waals surface area contributed by atoms with Crippen molar-refractivity contribution < 1.29 is 13.3 Å². The number of para-hydroxylation sites is 1. The van der Waals surface area contributed by atoms with Gasteiger partial charge >= 0.3 is 0 Å². The van der Waals surface area contributed by atoms with Crippen molar-refractivity contribution in [2.45, 2.75) is 43.6 Å². The van der Waals surface area contributed by atoms with E-state index in [9.17, 15) is 8.42 Å². The molecule has 1 aliphatic rings. The molecule has 0 radical (unpaired) electrons. The van der Waals surface area contributed by atoms with Gasteiger partial charge in [-0.25, -0.2) is 8.42 Å². The van der Waals surface area contributed by atoms with E-state index in [2.05, 4.69) is 9.87 Å². The van der Waals surface area contributed by atoms with Crippen LogP contribution in [0.2, 0.25) is 0 Å². The predicted octanol–water partition coefficient (Wildman–Crippen LogP) is 2.70. The lowest BCUT2D eigenvalue weighted by Gasteiger charge is -2.13. The molecule has 0 saturated heterocycles. The first-order chi connectivity index (χ1) is 10.1. The number of pyridine rings is 1. The van der Waals surface area contributed by atoms with E-state index in [1.807, 2.05) is 19.1 Å². The Kier molecular flexibility index (Phi) is 3.93. The largest absolute Gasteiger partial charge is 0.284 e. The summed E-state index contributed by atoms with van der Waals surface area (Å²) in [5.41, 5.74) is 1.46. The van der Waals surface area contributed by atoms with E-state index >= 15 is 0 Å². The number of nitrogens with one attached hydrogen (secondary N) is 1. The van der Waals surface area contributed by atoms with Crippen LogP contribution in [0.1, 0.15) is 31.2 Å². The van der Waals surface area contributed by atoms with Gasteiger partial charge < -0.3 is 0 Å². The molecule has 0 unspecified atom stereocenters. The molecular weight excluding hydrogens is 288 g/mol. The Morgan fingerprint density at radius 2 is 2.05 bits per heavy atom. The molecule has 0 atom stereocenters. The summed E-state index contributed by atoms with van der Waals surface area (Å²) >= 11 is 0. The van der Waals surface area contributed by atoms with E-state index in [1.54, 1.807) is 18.3 Å². The number of nitrogens with zero attached hydrogens (tertiary/aromatic N) is 1. The second kappa shape index (κ2) is 5.71. The molecule has 21 heavy (non-hydrogen) atoms. The van der Waals surface area contributed by atoms with Gasteiger partial charge in [-0.15, -0.1) is 0 Å². The van der Waals surface area contributed by atoms with E-state index in [0.29, 0.717) is 5.52 Å². The van der Waals surface area contributed by atoms with Crippen molar-refractivity contribution >= 4 is 20.9 Å². The molecule has 2 aromatic rings. The van der Waals surface area contributed by atoms with Crippen molar-refractivity contribution in [1.29, 1.82) is 0 Å². The summed E-state index contributed by atoms with van der Waals surface area (Å²) in [4.78, 5) is 12.0. The summed E-state index contributed by atoms with van der Waals surface area (Å²) in [6.45, 7) is 1.93. The molecule has 112 valence electrons. The Hall–Kier alpha value is -1.50. The molecule has 1 N–H and O–H groups in total. The van der Waals surface area contributed by atoms with E-state index in [4.69, 9.17) is 4.84 Å². The summed E-state index contributed by atoms with van der Waals surface area (Å²) in [5.74, 6) is 0. The Balaban J connectivity index is 1.91. The highest BCUT2D eigenvalue weighted by Crippen LogP contribution is 2.23. The molecule has 0 spiro atoms. The highest BCUT2D eigenvalue weighted by atomic mass is 32.2. The Morgan fingerprint density at radius 1 is 1.29 bits per heavy atom. The van der Waals surface area contributed by atoms with Crippen LogP contribution in [0, 0.1) is 6.92 Å². The smallest absolute Gasteiger partial charge is 0.264 e. The number of fused-ring (bicyclic) bond motifs is 1. The van der Waals surface area contributed by atoms with Crippen LogP contribution in [0.25, 0.3) is 10.9 Å². The fourth-order valence-corrected chi connectivity index (χ4v) is 3.68. The molecule has 5 nitrogen and oxygen atoms in total. The van der Waals surface area contributed by atoms with E-state index in [0.717, 1.165) is 36.6 Å². The molecule has 0 amide bonds. The zero-order valence-corrected chi connectivity index (χ0v) is 12.7. The van der Waals surface area contributed by atoms with Crippen LogP contribution in [0.3, 0.4) is 0 Å². The van der Waals surface area contributed by atoms with Crippen LogP contribution in [0.5, 0.6) is 0 Å². The predicted molar refractivity (Wildman–Crippen MR) is 80.1 cm³/mol. The SMILES string of the molecule is Cc1cnc2c(S(=O)(=O)NOC3CCCC3)cccc2c1. The molecular formula is C15H18N2O3S. The third kappa shape index (κ3) is 3.07. The van der Waals surface area contributed by atoms with Gasteiger partial charge in [0, 0.05) is 11.6 Å². The summed E-state index contributed by atoms with van der Waals surface area (Å²) in [5, 5.41) is 0.804. The summed E-state index contributed by atoms with van der Waals surface area (Å²) in [7, 11) is -3.72. The van der Waals surface area contributed by atoms with Gasteiger partial charge in [-0.05, 0) is 37.5 Å². The average molecular weight is 306 g/mol. The number of hydrogen-bond acceptors (Lipinski definition) is 4. The number of aryl methyl sites for hydroxylation is 1. The minimum atomic E-state index is -3.72. The highest BCUT2D eigenvalue weighted by molar-refractivity contribution is 7.89. The lowest BCUT2D eigenvalue weighted by atomic mass is 10.2. The van der Waals surface area contributed by atoms with Gasteiger partial charge in [0.1, 0.15) is 4.90 Å². The van der Waals surface area contributed by atoms with Crippen LogP contribution >= 0.6 is 0 Å². The average Bonchev–Trinajstić information content (AvgIpc) is 2.97. The van der Waals surface area contributed by atoms with Gasteiger partial charge in [0.15, 0.2) is 0 Å². The highest BCUT2D eigenvalue weighted by Gasteiger charge is 2.22. The molecule has 1 aliphatic carbocycles. The van der Waals surface area contributed by atoms with Crippen LogP contribution < -0.4 is 4.89 Å². The van der Waals surface area contributed by atoms with Crippen molar-refractivity contribution in [2.24, 2.45) is 0 Å².